The van der Waals surface area contributed by atoms with Gasteiger partial charge in [-0.25, -0.2) is 0 Å². The third-order valence-corrected chi connectivity index (χ3v) is 6.98. The van der Waals surface area contributed by atoms with Crippen LogP contribution < -0.4 is 10.6 Å². The van der Waals surface area contributed by atoms with E-state index in [-0.39, 0.29) is 0 Å². The highest BCUT2D eigenvalue weighted by Crippen LogP contribution is 2.45. The van der Waals surface area contributed by atoms with Crippen LogP contribution in [0.3, 0.4) is 0 Å². The minimum absolute atomic E-state index is 0.877. The smallest absolute Gasteiger partial charge is 0.102 e. The van der Waals surface area contributed by atoms with E-state index >= 15 is 0 Å². The summed E-state index contributed by atoms with van der Waals surface area (Å²) in [6.07, 6.45) is 6.54. The maximum atomic E-state index is 10.2. The first-order valence-electron chi connectivity index (χ1n) is 9.35. The molecule has 3 rings (SSSR count). The molecule has 4 heteroatoms. The van der Waals surface area contributed by atoms with E-state index in [1.54, 1.807) is 0 Å². The van der Waals surface area contributed by atoms with Gasteiger partial charge in [0.2, 0.25) is 0 Å². The molecule has 0 saturated carbocycles. The van der Waals surface area contributed by atoms with Gasteiger partial charge in [-0.2, -0.15) is 5.26 Å². The van der Waals surface area contributed by atoms with Crippen molar-refractivity contribution in [2.45, 2.75) is 12.8 Å². The molecular formula is C23H26N3P. The second-order valence-electron chi connectivity index (χ2n) is 6.83. The largest absolute Gasteiger partial charge is 0.383 e. The minimum atomic E-state index is -0.894. The molecule has 0 aliphatic carbocycles. The second kappa shape index (κ2) is 9.40. The maximum absolute atomic E-state index is 10.2. The number of nitriles is 1. The van der Waals surface area contributed by atoms with Gasteiger partial charge in [-0.05, 0) is 29.5 Å². The molecule has 0 aromatic heterocycles. The monoisotopic (exact) mass is 375 g/mol. The van der Waals surface area contributed by atoms with Gasteiger partial charge < -0.3 is 9.80 Å². The van der Waals surface area contributed by atoms with Crippen LogP contribution in [0.4, 0.5) is 0 Å². The van der Waals surface area contributed by atoms with E-state index in [0.717, 1.165) is 24.1 Å². The quantitative estimate of drug-likeness (QED) is 0.434. The summed E-state index contributed by atoms with van der Waals surface area (Å²) < 4.78 is 0. The van der Waals surface area contributed by atoms with Crippen molar-refractivity contribution >= 4 is 18.5 Å². The molecule has 27 heavy (non-hydrogen) atoms. The van der Waals surface area contributed by atoms with E-state index in [2.05, 4.69) is 71.8 Å². The fraction of sp³-hybridized carbons (Fsp3) is 0.261. The molecule has 1 saturated heterocycles. The Bertz CT molecular complexity index is 789. The zero-order valence-corrected chi connectivity index (χ0v) is 16.9. The van der Waals surface area contributed by atoms with Gasteiger partial charge in [0.25, 0.3) is 0 Å². The average Bonchev–Trinajstić information content (AvgIpc) is 3.23. The number of rotatable bonds is 6. The van der Waals surface area contributed by atoms with Crippen LogP contribution in [0.25, 0.3) is 0 Å². The second-order valence-corrected chi connectivity index (χ2v) is 8.98. The van der Waals surface area contributed by atoms with Gasteiger partial charge in [0.15, 0.2) is 0 Å². The molecule has 0 bridgehead atoms. The third kappa shape index (κ3) is 4.79. The summed E-state index contributed by atoms with van der Waals surface area (Å²) in [4.78, 5) is 4.40. The van der Waals surface area contributed by atoms with Crippen LogP contribution >= 0.6 is 7.92 Å². The Morgan fingerprint density at radius 1 is 0.963 bits per heavy atom. The highest BCUT2D eigenvalue weighted by molar-refractivity contribution is 7.77. The van der Waals surface area contributed by atoms with Crippen molar-refractivity contribution in [3.8, 4) is 6.07 Å². The van der Waals surface area contributed by atoms with E-state index in [1.807, 2.05) is 31.1 Å². The lowest BCUT2D eigenvalue weighted by Crippen LogP contribution is -2.22. The number of allylic oxidation sites excluding steroid dienone is 2. The van der Waals surface area contributed by atoms with Gasteiger partial charge in [-0.15, -0.1) is 0 Å². The Morgan fingerprint density at radius 3 is 1.93 bits per heavy atom. The topological polar surface area (TPSA) is 30.3 Å². The Hall–Kier alpha value is -2.56. The molecule has 1 fully saturated rings. The van der Waals surface area contributed by atoms with Gasteiger partial charge in [0.05, 0.1) is 11.0 Å². The summed E-state index contributed by atoms with van der Waals surface area (Å²) >= 11 is 0. The van der Waals surface area contributed by atoms with Crippen molar-refractivity contribution in [2.75, 3.05) is 27.2 Å². The van der Waals surface area contributed by atoms with Crippen molar-refractivity contribution in [2.24, 2.45) is 0 Å². The van der Waals surface area contributed by atoms with Crippen LogP contribution in [-0.2, 0) is 0 Å². The van der Waals surface area contributed by atoms with Crippen LogP contribution in [0.1, 0.15) is 12.8 Å². The van der Waals surface area contributed by atoms with Gasteiger partial charge >= 0.3 is 0 Å². The number of nitrogens with zero attached hydrogens (tertiary/aromatic N) is 3. The Morgan fingerprint density at radius 2 is 1.48 bits per heavy atom. The summed E-state index contributed by atoms with van der Waals surface area (Å²) in [5.74, 6) is 0. The van der Waals surface area contributed by atoms with Gasteiger partial charge in [-0.3, -0.25) is 0 Å². The number of likely N-dealkylation sites (tertiary alicyclic amines) is 1. The predicted octanol–water partition coefficient (Wildman–Crippen LogP) is 4.03. The van der Waals surface area contributed by atoms with E-state index < -0.39 is 7.92 Å². The Kier molecular flexibility index (Phi) is 6.69. The molecule has 0 unspecified atom stereocenters. The molecule has 1 heterocycles. The molecule has 3 nitrogen and oxygen atoms in total. The fourth-order valence-electron chi connectivity index (χ4n) is 3.30. The lowest BCUT2D eigenvalue weighted by Gasteiger charge is -2.26. The van der Waals surface area contributed by atoms with Crippen molar-refractivity contribution in [1.82, 2.24) is 9.80 Å². The van der Waals surface area contributed by atoms with Crippen LogP contribution in [0.2, 0.25) is 0 Å². The lowest BCUT2D eigenvalue weighted by atomic mass is 10.3. The predicted molar refractivity (Wildman–Crippen MR) is 115 cm³/mol. The van der Waals surface area contributed by atoms with Crippen molar-refractivity contribution in [3.05, 3.63) is 84.0 Å². The summed E-state index contributed by atoms with van der Waals surface area (Å²) in [6, 6.07) is 23.5. The minimum Gasteiger partial charge on any atom is -0.383 e. The summed E-state index contributed by atoms with van der Waals surface area (Å²) in [5, 5.41) is 13.6. The zero-order valence-electron chi connectivity index (χ0n) is 16.0. The first-order valence-corrected chi connectivity index (χ1v) is 10.7. The lowest BCUT2D eigenvalue weighted by molar-refractivity contribution is 0.437. The number of benzene rings is 2. The average molecular weight is 375 g/mol. The van der Waals surface area contributed by atoms with Crippen molar-refractivity contribution in [3.63, 3.8) is 0 Å². The first kappa shape index (κ1) is 19.2. The zero-order chi connectivity index (χ0) is 19.1. The van der Waals surface area contributed by atoms with Crippen molar-refractivity contribution < 1.29 is 0 Å². The number of hydrogen-bond acceptors (Lipinski definition) is 3. The van der Waals surface area contributed by atoms with E-state index in [4.69, 9.17) is 0 Å². The molecule has 2 aromatic rings. The first-order chi connectivity index (χ1) is 13.2. The third-order valence-electron chi connectivity index (χ3n) is 4.58. The molecule has 0 atom stereocenters. The maximum Gasteiger partial charge on any atom is 0.102 e. The fourth-order valence-corrected chi connectivity index (χ4v) is 5.60. The molecule has 0 spiro atoms. The molecule has 1 aliphatic heterocycles. The van der Waals surface area contributed by atoms with E-state index in [1.165, 1.54) is 23.5 Å². The van der Waals surface area contributed by atoms with E-state index in [0.29, 0.717) is 0 Å². The van der Waals surface area contributed by atoms with Gasteiger partial charge in [0.1, 0.15) is 6.07 Å². The molecule has 1 aliphatic rings. The van der Waals surface area contributed by atoms with Gasteiger partial charge in [-0.1, -0.05) is 60.7 Å². The Balaban J connectivity index is 2.18. The summed E-state index contributed by atoms with van der Waals surface area (Å²) in [6.45, 7) is 2.04. The van der Waals surface area contributed by atoms with E-state index in [9.17, 15) is 5.26 Å². The normalized spacial score (nSPS) is 15.1. The Labute approximate surface area is 164 Å². The summed E-state index contributed by atoms with van der Waals surface area (Å²) in [5.41, 5.74) is 1.07. The highest BCUT2D eigenvalue weighted by Gasteiger charge is 2.25. The highest BCUT2D eigenvalue weighted by atomic mass is 31.1. The molecule has 0 amide bonds. The van der Waals surface area contributed by atoms with Crippen molar-refractivity contribution in [1.29, 1.82) is 5.26 Å². The van der Waals surface area contributed by atoms with Crippen LogP contribution in [-0.4, -0.2) is 37.0 Å². The van der Waals surface area contributed by atoms with Crippen LogP contribution in [0.5, 0.6) is 0 Å². The van der Waals surface area contributed by atoms with Crippen LogP contribution in [0.15, 0.2) is 84.0 Å². The standard InChI is InChI=1S/C23H26N3P/c1-25(2)18-15-22(26-16-9-10-17-26)23(19-24)27(20-11-5-3-6-12-20)21-13-7-4-8-14-21/h3-8,11-15,18H,9-10,16-17H2,1-2H3/b18-15+,23-22+. The van der Waals surface area contributed by atoms with Crippen LogP contribution in [0, 0.1) is 11.3 Å². The molecule has 138 valence electrons. The molecule has 0 N–H and O–H groups in total. The molecular weight excluding hydrogens is 349 g/mol. The SMILES string of the molecule is CN(C)/C=C/C(=C(/C#N)P(c1ccccc1)c1ccccc1)N1CCCC1. The molecule has 2 aromatic carbocycles. The number of hydrogen-bond donors (Lipinski definition) is 0. The van der Waals surface area contributed by atoms with Gasteiger partial charge in [0, 0.05) is 41.3 Å². The summed E-state index contributed by atoms with van der Waals surface area (Å²) in [7, 11) is 3.14. The molecule has 0 radical (unpaired) electrons.